The quantitative estimate of drug-likeness (QED) is 0.760. The second-order valence-corrected chi connectivity index (χ2v) is 6.32. The van der Waals surface area contributed by atoms with Crippen LogP contribution in [0.3, 0.4) is 0 Å². The summed E-state index contributed by atoms with van der Waals surface area (Å²) in [5, 5.41) is 6.85. The normalized spacial score (nSPS) is 15.3. The Bertz CT molecular complexity index is 685. The summed E-state index contributed by atoms with van der Waals surface area (Å²) < 4.78 is 10.6. The molecular formula is C19H26N4O2. The summed E-state index contributed by atoms with van der Waals surface area (Å²) in [7, 11) is 3.25. The van der Waals surface area contributed by atoms with Gasteiger partial charge in [-0.3, -0.25) is 0 Å². The van der Waals surface area contributed by atoms with Gasteiger partial charge >= 0.3 is 0 Å². The Hall–Kier alpha value is -2.50. The molecular weight excluding hydrogens is 316 g/mol. The molecule has 0 amide bonds. The molecule has 0 unspecified atom stereocenters. The second kappa shape index (κ2) is 8.55. The molecule has 1 aliphatic rings. The highest BCUT2D eigenvalue weighted by atomic mass is 16.5. The van der Waals surface area contributed by atoms with Gasteiger partial charge < -0.3 is 20.1 Å². The van der Waals surface area contributed by atoms with Crippen molar-refractivity contribution in [2.75, 3.05) is 24.9 Å². The Morgan fingerprint density at radius 1 is 0.880 bits per heavy atom. The number of nitrogens with one attached hydrogen (secondary N) is 2. The zero-order valence-corrected chi connectivity index (χ0v) is 14.9. The van der Waals surface area contributed by atoms with Gasteiger partial charge in [-0.2, -0.15) is 0 Å². The minimum Gasteiger partial charge on any atom is -0.493 e. The van der Waals surface area contributed by atoms with E-state index in [1.54, 1.807) is 20.5 Å². The number of methoxy groups -OCH3 is 2. The van der Waals surface area contributed by atoms with E-state index >= 15 is 0 Å². The highest BCUT2D eigenvalue weighted by molar-refractivity contribution is 5.62. The molecule has 1 aromatic carbocycles. The van der Waals surface area contributed by atoms with Crippen molar-refractivity contribution in [3.63, 3.8) is 0 Å². The van der Waals surface area contributed by atoms with Gasteiger partial charge in [0.05, 0.1) is 14.2 Å². The maximum absolute atomic E-state index is 5.34. The third-order valence-corrected chi connectivity index (χ3v) is 4.53. The second-order valence-electron chi connectivity index (χ2n) is 6.32. The van der Waals surface area contributed by atoms with Gasteiger partial charge in [-0.05, 0) is 25.0 Å². The molecule has 1 heterocycles. The highest BCUT2D eigenvalue weighted by Gasteiger charge is 2.13. The predicted molar refractivity (Wildman–Crippen MR) is 100.0 cm³/mol. The molecule has 2 aromatic rings. The SMILES string of the molecule is COc1ccc(Nc2cc(NC3CCCCCC3)ncn2)cc1OC. The van der Waals surface area contributed by atoms with Crippen LogP contribution in [-0.4, -0.2) is 30.2 Å². The van der Waals surface area contributed by atoms with Crippen LogP contribution in [0.2, 0.25) is 0 Å². The molecule has 1 aromatic heterocycles. The van der Waals surface area contributed by atoms with Gasteiger partial charge in [-0.25, -0.2) is 9.97 Å². The Morgan fingerprint density at radius 3 is 2.32 bits per heavy atom. The van der Waals surface area contributed by atoms with E-state index in [1.165, 1.54) is 38.5 Å². The third-order valence-electron chi connectivity index (χ3n) is 4.53. The Kier molecular flexibility index (Phi) is 5.93. The number of nitrogens with zero attached hydrogens (tertiary/aromatic N) is 2. The molecule has 6 heteroatoms. The molecule has 0 aliphatic heterocycles. The molecule has 6 nitrogen and oxygen atoms in total. The molecule has 1 saturated carbocycles. The number of hydrogen-bond acceptors (Lipinski definition) is 6. The van der Waals surface area contributed by atoms with E-state index in [0.717, 1.165) is 17.3 Å². The van der Waals surface area contributed by atoms with Gasteiger partial charge in [0.1, 0.15) is 18.0 Å². The zero-order valence-electron chi connectivity index (χ0n) is 14.9. The van der Waals surface area contributed by atoms with Crippen LogP contribution in [0.15, 0.2) is 30.6 Å². The minimum atomic E-state index is 0.506. The average Bonchev–Trinajstić information content (AvgIpc) is 2.90. The summed E-state index contributed by atoms with van der Waals surface area (Å²) in [6.07, 6.45) is 9.27. The lowest BCUT2D eigenvalue weighted by Crippen LogP contribution is -2.19. The summed E-state index contributed by atoms with van der Waals surface area (Å²) in [5.41, 5.74) is 0.886. The standard InChI is InChI=1S/C19H26N4O2/c1-24-16-10-9-15(11-17(16)25-2)23-19-12-18(20-13-21-19)22-14-7-5-3-4-6-8-14/h9-14H,3-8H2,1-2H3,(H2,20,21,22,23). The molecule has 1 fully saturated rings. The number of benzene rings is 1. The van der Waals surface area contributed by atoms with Crippen LogP contribution in [0.1, 0.15) is 38.5 Å². The van der Waals surface area contributed by atoms with E-state index in [-0.39, 0.29) is 0 Å². The third kappa shape index (κ3) is 4.75. The van der Waals surface area contributed by atoms with E-state index in [1.807, 2.05) is 24.3 Å². The minimum absolute atomic E-state index is 0.506. The van der Waals surface area contributed by atoms with Crippen molar-refractivity contribution < 1.29 is 9.47 Å². The number of anilines is 3. The van der Waals surface area contributed by atoms with E-state index in [2.05, 4.69) is 20.6 Å². The van der Waals surface area contributed by atoms with Crippen LogP contribution in [0.4, 0.5) is 17.3 Å². The molecule has 25 heavy (non-hydrogen) atoms. The van der Waals surface area contributed by atoms with Crippen molar-refractivity contribution in [2.45, 2.75) is 44.6 Å². The van der Waals surface area contributed by atoms with Gasteiger partial charge in [0, 0.05) is 23.9 Å². The first kappa shape index (κ1) is 17.3. The van der Waals surface area contributed by atoms with Gasteiger partial charge in [0.15, 0.2) is 11.5 Å². The molecule has 0 atom stereocenters. The Balaban J connectivity index is 1.69. The van der Waals surface area contributed by atoms with Crippen LogP contribution in [0.5, 0.6) is 11.5 Å². The van der Waals surface area contributed by atoms with Gasteiger partial charge in [-0.1, -0.05) is 25.7 Å². The van der Waals surface area contributed by atoms with E-state index in [9.17, 15) is 0 Å². The maximum Gasteiger partial charge on any atom is 0.162 e. The summed E-state index contributed by atoms with van der Waals surface area (Å²) in [6.45, 7) is 0. The van der Waals surface area contributed by atoms with Crippen molar-refractivity contribution in [3.8, 4) is 11.5 Å². The lowest BCUT2D eigenvalue weighted by atomic mass is 10.1. The van der Waals surface area contributed by atoms with Crippen LogP contribution < -0.4 is 20.1 Å². The molecule has 134 valence electrons. The van der Waals surface area contributed by atoms with Crippen molar-refractivity contribution >= 4 is 17.3 Å². The van der Waals surface area contributed by atoms with Crippen molar-refractivity contribution in [3.05, 3.63) is 30.6 Å². The van der Waals surface area contributed by atoms with Gasteiger partial charge in [-0.15, -0.1) is 0 Å². The predicted octanol–water partition coefficient (Wildman–Crippen LogP) is 4.37. The number of hydrogen-bond donors (Lipinski definition) is 2. The molecule has 1 aliphatic carbocycles. The van der Waals surface area contributed by atoms with Crippen molar-refractivity contribution in [1.29, 1.82) is 0 Å². The summed E-state index contributed by atoms with van der Waals surface area (Å²) in [4.78, 5) is 8.67. The van der Waals surface area contributed by atoms with Crippen molar-refractivity contribution in [2.24, 2.45) is 0 Å². The summed E-state index contributed by atoms with van der Waals surface area (Å²) in [6, 6.07) is 8.14. The summed E-state index contributed by atoms with van der Waals surface area (Å²) in [5.74, 6) is 2.99. The molecule has 2 N–H and O–H groups in total. The first-order chi connectivity index (χ1) is 12.3. The highest BCUT2D eigenvalue weighted by Crippen LogP contribution is 2.31. The fraction of sp³-hybridized carbons (Fsp3) is 0.474. The molecule has 0 bridgehead atoms. The smallest absolute Gasteiger partial charge is 0.162 e. The lowest BCUT2D eigenvalue weighted by Gasteiger charge is -2.17. The van der Waals surface area contributed by atoms with Gasteiger partial charge in [0.2, 0.25) is 0 Å². The average molecular weight is 342 g/mol. The molecule has 0 spiro atoms. The van der Waals surface area contributed by atoms with Crippen LogP contribution >= 0.6 is 0 Å². The van der Waals surface area contributed by atoms with E-state index in [4.69, 9.17) is 9.47 Å². The molecule has 0 radical (unpaired) electrons. The first-order valence-corrected chi connectivity index (χ1v) is 8.86. The van der Waals surface area contributed by atoms with Crippen LogP contribution in [0.25, 0.3) is 0 Å². The van der Waals surface area contributed by atoms with Crippen molar-refractivity contribution in [1.82, 2.24) is 9.97 Å². The van der Waals surface area contributed by atoms with E-state index < -0.39 is 0 Å². The fourth-order valence-corrected chi connectivity index (χ4v) is 3.20. The zero-order chi connectivity index (χ0) is 17.5. The van der Waals surface area contributed by atoms with Crippen LogP contribution in [-0.2, 0) is 0 Å². The summed E-state index contributed by atoms with van der Waals surface area (Å²) >= 11 is 0. The van der Waals surface area contributed by atoms with E-state index in [0.29, 0.717) is 17.5 Å². The molecule has 0 saturated heterocycles. The largest absolute Gasteiger partial charge is 0.493 e. The molecule has 3 rings (SSSR count). The number of rotatable bonds is 6. The Labute approximate surface area is 149 Å². The van der Waals surface area contributed by atoms with Gasteiger partial charge in [0.25, 0.3) is 0 Å². The maximum atomic E-state index is 5.34. The Morgan fingerprint density at radius 2 is 1.60 bits per heavy atom. The monoisotopic (exact) mass is 342 g/mol. The number of aromatic nitrogens is 2. The topological polar surface area (TPSA) is 68.3 Å². The lowest BCUT2D eigenvalue weighted by molar-refractivity contribution is 0.355. The first-order valence-electron chi connectivity index (χ1n) is 8.86. The fourth-order valence-electron chi connectivity index (χ4n) is 3.20. The van der Waals surface area contributed by atoms with Crippen LogP contribution in [0, 0.1) is 0 Å². The number of ether oxygens (including phenoxy) is 2.